The molecule has 2 aliphatic heterocycles. The summed E-state index contributed by atoms with van der Waals surface area (Å²) in [5.41, 5.74) is 3.73. The van der Waals surface area contributed by atoms with Gasteiger partial charge >= 0.3 is 0 Å². The predicted molar refractivity (Wildman–Crippen MR) is 184 cm³/mol. The minimum atomic E-state index is -0.0373. The number of hydrogen-bond acceptors (Lipinski definition) is 4. The normalized spacial score (nSPS) is 15.7. The van der Waals surface area contributed by atoms with Gasteiger partial charge in [0.25, 0.3) is 11.8 Å². The number of amides is 2. The van der Waals surface area contributed by atoms with E-state index in [0.29, 0.717) is 45.2 Å². The molecule has 0 saturated carbocycles. The van der Waals surface area contributed by atoms with Crippen LogP contribution in [0.4, 0.5) is 0 Å². The molecule has 0 N–H and O–H groups in total. The summed E-state index contributed by atoms with van der Waals surface area (Å²) in [6.07, 6.45) is 7.66. The lowest BCUT2D eigenvalue weighted by Gasteiger charge is -2.34. The van der Waals surface area contributed by atoms with E-state index in [1.165, 1.54) is 19.3 Å². The molecule has 0 atom stereocenters. The van der Waals surface area contributed by atoms with Crippen molar-refractivity contribution in [3.63, 3.8) is 0 Å². The number of benzene rings is 4. The molecule has 6 rings (SSSR count). The van der Waals surface area contributed by atoms with Crippen LogP contribution in [-0.2, 0) is 0 Å². The van der Waals surface area contributed by atoms with Gasteiger partial charge in [-0.2, -0.15) is 0 Å². The second kappa shape index (κ2) is 15.2. The fourth-order valence-electron chi connectivity index (χ4n) is 6.95. The highest BCUT2D eigenvalue weighted by atomic mass is 16.2. The van der Waals surface area contributed by atoms with Crippen molar-refractivity contribution in [1.29, 1.82) is 0 Å². The van der Waals surface area contributed by atoms with E-state index < -0.39 is 0 Å². The first-order valence-corrected chi connectivity index (χ1v) is 16.9. The van der Waals surface area contributed by atoms with Crippen LogP contribution >= 0.6 is 0 Å². The van der Waals surface area contributed by atoms with Crippen LogP contribution in [-0.4, -0.2) is 59.4 Å². The van der Waals surface area contributed by atoms with Crippen LogP contribution in [0.2, 0.25) is 0 Å². The molecule has 0 radical (unpaired) electrons. The quantitative estimate of drug-likeness (QED) is 0.169. The van der Waals surface area contributed by atoms with Gasteiger partial charge in [-0.05, 0) is 61.8 Å². The van der Waals surface area contributed by atoms with Gasteiger partial charge in [-0.15, -0.1) is 0 Å². The molecule has 0 unspecified atom stereocenters. The molecule has 0 aromatic heterocycles. The third kappa shape index (κ3) is 7.94. The van der Waals surface area contributed by atoms with Crippen molar-refractivity contribution in [2.75, 3.05) is 26.2 Å². The Bertz CT molecular complexity index is 1540. The van der Waals surface area contributed by atoms with Gasteiger partial charge in [0.1, 0.15) is 0 Å². The zero-order chi connectivity index (χ0) is 32.6. The summed E-state index contributed by atoms with van der Waals surface area (Å²) >= 11 is 0. The molecule has 2 saturated heterocycles. The molecule has 6 heteroatoms. The molecule has 4 aromatic carbocycles. The minimum Gasteiger partial charge on any atom is -0.339 e. The number of likely N-dealkylation sites (tertiary alicyclic amines) is 2. The molecular weight excluding hydrogens is 584 g/mol. The monoisotopic (exact) mass is 626 g/mol. The maximum Gasteiger partial charge on any atom is 0.253 e. The Morgan fingerprint density at radius 2 is 0.723 bits per heavy atom. The Morgan fingerprint density at radius 3 is 1.06 bits per heavy atom. The molecule has 2 fully saturated rings. The van der Waals surface area contributed by atoms with Crippen LogP contribution in [0.1, 0.15) is 97.5 Å². The Hall–Kier alpha value is -4.84. The zero-order valence-electron chi connectivity index (χ0n) is 26.9. The van der Waals surface area contributed by atoms with E-state index in [0.717, 1.165) is 51.9 Å². The molecule has 0 bridgehead atoms. The Kier molecular flexibility index (Phi) is 10.4. The van der Waals surface area contributed by atoms with E-state index in [9.17, 15) is 19.2 Å². The number of rotatable bonds is 10. The van der Waals surface area contributed by atoms with Gasteiger partial charge in [0.05, 0.1) is 0 Å². The molecule has 2 aliphatic rings. The van der Waals surface area contributed by atoms with Gasteiger partial charge in [0.2, 0.25) is 0 Å². The van der Waals surface area contributed by atoms with Crippen LogP contribution in [0.25, 0.3) is 0 Å². The Morgan fingerprint density at radius 1 is 0.426 bits per heavy atom. The lowest BCUT2D eigenvalue weighted by molar-refractivity contribution is 0.0679. The average Bonchev–Trinajstić information content (AvgIpc) is 3.15. The topological polar surface area (TPSA) is 74.8 Å². The summed E-state index contributed by atoms with van der Waals surface area (Å²) in [6.45, 7) is 3.10. The summed E-state index contributed by atoms with van der Waals surface area (Å²) in [5, 5.41) is 0. The van der Waals surface area contributed by atoms with Crippen molar-refractivity contribution >= 4 is 23.4 Å². The predicted octanol–water partition coefficient (Wildman–Crippen LogP) is 7.72. The van der Waals surface area contributed by atoms with Crippen LogP contribution < -0.4 is 0 Å². The van der Waals surface area contributed by atoms with Crippen molar-refractivity contribution in [2.45, 2.75) is 44.9 Å². The SMILES string of the molecule is O=C(c1ccccc1)c1ccc(C(=O)N2CCC(CCCC3CCN(C(=O)c4ccc(C(=O)c5ccccc5)cc4)CC3)CC2)cc1. The molecule has 0 spiro atoms. The number of nitrogens with zero attached hydrogens (tertiary/aromatic N) is 2. The van der Waals surface area contributed by atoms with Gasteiger partial charge in [0.15, 0.2) is 11.6 Å². The molecule has 47 heavy (non-hydrogen) atoms. The smallest absolute Gasteiger partial charge is 0.253 e. The lowest BCUT2D eigenvalue weighted by Crippen LogP contribution is -2.39. The number of carbonyl (C=O) groups excluding carboxylic acids is 4. The van der Waals surface area contributed by atoms with Crippen molar-refractivity contribution < 1.29 is 19.2 Å². The Labute approximate surface area is 277 Å². The van der Waals surface area contributed by atoms with Crippen molar-refractivity contribution in [2.24, 2.45) is 11.8 Å². The van der Waals surface area contributed by atoms with Crippen LogP contribution in [0, 0.1) is 11.8 Å². The van der Waals surface area contributed by atoms with Crippen LogP contribution in [0.3, 0.4) is 0 Å². The lowest BCUT2D eigenvalue weighted by atomic mass is 9.86. The van der Waals surface area contributed by atoms with E-state index in [-0.39, 0.29) is 23.4 Å². The van der Waals surface area contributed by atoms with Crippen molar-refractivity contribution in [3.8, 4) is 0 Å². The van der Waals surface area contributed by atoms with E-state index in [1.807, 2.05) is 46.2 Å². The molecule has 240 valence electrons. The standard InChI is InChI=1S/C41H42N2O4/c44-38(32-10-3-1-4-11-32)34-14-18-36(19-15-34)40(46)42-26-22-30(23-27-42)8-7-9-31-24-28-43(29-25-31)41(47)37-20-16-35(17-21-37)39(45)33-12-5-2-6-13-33/h1-6,10-21,30-31H,7-9,22-29H2. The second-order valence-corrected chi connectivity index (χ2v) is 12.9. The third-order valence-corrected chi connectivity index (χ3v) is 9.89. The highest BCUT2D eigenvalue weighted by Crippen LogP contribution is 2.28. The van der Waals surface area contributed by atoms with E-state index in [2.05, 4.69) is 0 Å². The Balaban J connectivity index is 0.887. The number of piperidine rings is 2. The highest BCUT2D eigenvalue weighted by Gasteiger charge is 2.26. The fraction of sp³-hybridized carbons (Fsp3) is 0.317. The molecule has 2 heterocycles. The number of hydrogen-bond donors (Lipinski definition) is 0. The van der Waals surface area contributed by atoms with Gasteiger partial charge in [-0.3, -0.25) is 19.2 Å². The molecule has 6 nitrogen and oxygen atoms in total. The largest absolute Gasteiger partial charge is 0.339 e. The average molecular weight is 627 g/mol. The number of ketones is 2. The van der Waals surface area contributed by atoms with E-state index in [4.69, 9.17) is 0 Å². The molecule has 4 aromatic rings. The minimum absolute atomic E-state index is 0.0373. The maximum atomic E-state index is 13.1. The van der Waals surface area contributed by atoms with Gasteiger partial charge < -0.3 is 9.80 Å². The highest BCUT2D eigenvalue weighted by molar-refractivity contribution is 6.10. The van der Waals surface area contributed by atoms with Gasteiger partial charge in [-0.25, -0.2) is 0 Å². The summed E-state index contributed by atoms with van der Waals surface area (Å²) in [7, 11) is 0. The summed E-state index contributed by atoms with van der Waals surface area (Å²) in [4.78, 5) is 55.6. The summed E-state index contributed by atoms with van der Waals surface area (Å²) in [6, 6.07) is 32.5. The molecule has 0 aliphatic carbocycles. The maximum absolute atomic E-state index is 13.1. The van der Waals surface area contributed by atoms with Crippen molar-refractivity contribution in [1.82, 2.24) is 9.80 Å². The van der Waals surface area contributed by atoms with Crippen LogP contribution in [0.5, 0.6) is 0 Å². The van der Waals surface area contributed by atoms with E-state index in [1.54, 1.807) is 72.8 Å². The summed E-state index contributed by atoms with van der Waals surface area (Å²) < 4.78 is 0. The molecule has 2 amide bonds. The van der Waals surface area contributed by atoms with Gasteiger partial charge in [-0.1, -0.05) is 104 Å². The molecular formula is C41H42N2O4. The van der Waals surface area contributed by atoms with Gasteiger partial charge in [0, 0.05) is 59.6 Å². The van der Waals surface area contributed by atoms with E-state index >= 15 is 0 Å². The first-order chi connectivity index (χ1) is 23.0. The summed E-state index contributed by atoms with van der Waals surface area (Å²) in [5.74, 6) is 1.29. The number of carbonyl (C=O) groups is 4. The zero-order valence-corrected chi connectivity index (χ0v) is 26.9. The third-order valence-electron chi connectivity index (χ3n) is 9.89. The first kappa shape index (κ1) is 32.1. The second-order valence-electron chi connectivity index (χ2n) is 12.9. The fourth-order valence-corrected chi connectivity index (χ4v) is 6.95. The first-order valence-electron chi connectivity index (χ1n) is 16.9. The van der Waals surface area contributed by atoms with Crippen LogP contribution in [0.15, 0.2) is 109 Å². The van der Waals surface area contributed by atoms with Crippen molar-refractivity contribution in [3.05, 3.63) is 143 Å².